The molecule has 2 rings (SSSR count). The standard InChI is InChI=1S/C10H13N5O2/c11-4-6(10(16)17)9(12)13-8-3-7(14-15-8)5-1-2-5/h3-5,11H,1-2,12H2,(H,16,17)(H2,13,14,15)/b9-6-,11-4?. The van der Waals surface area contributed by atoms with Gasteiger partial charge in [-0.1, -0.05) is 0 Å². The molecule has 1 aliphatic carbocycles. The van der Waals surface area contributed by atoms with Crippen LogP contribution in [0.2, 0.25) is 0 Å². The lowest BCUT2D eigenvalue weighted by Gasteiger charge is -2.04. The molecule has 1 aliphatic rings. The fourth-order valence-electron chi connectivity index (χ4n) is 1.46. The van der Waals surface area contributed by atoms with Crippen LogP contribution in [-0.4, -0.2) is 27.5 Å². The second-order valence-electron chi connectivity index (χ2n) is 3.88. The van der Waals surface area contributed by atoms with Gasteiger partial charge in [0.2, 0.25) is 0 Å². The van der Waals surface area contributed by atoms with Crippen LogP contribution in [0, 0.1) is 5.41 Å². The number of carbonyl (C=O) groups is 1. The molecule has 7 heteroatoms. The predicted molar refractivity (Wildman–Crippen MR) is 61.8 cm³/mol. The van der Waals surface area contributed by atoms with E-state index in [1.165, 1.54) is 0 Å². The second kappa shape index (κ2) is 4.28. The Balaban J connectivity index is 2.13. The molecule has 1 heterocycles. The SMILES string of the molecule is N=C/C(C(=O)O)=C(\N)Nc1cc(C2CC2)n[nH]1. The first-order valence-corrected chi connectivity index (χ1v) is 5.17. The topological polar surface area (TPSA) is 128 Å². The smallest absolute Gasteiger partial charge is 0.340 e. The molecule has 0 atom stereocenters. The van der Waals surface area contributed by atoms with Crippen molar-refractivity contribution >= 4 is 18.0 Å². The van der Waals surface area contributed by atoms with Crippen molar-refractivity contribution in [3.8, 4) is 0 Å². The van der Waals surface area contributed by atoms with Crippen LogP contribution in [0.5, 0.6) is 0 Å². The van der Waals surface area contributed by atoms with E-state index >= 15 is 0 Å². The average molecular weight is 235 g/mol. The van der Waals surface area contributed by atoms with Crippen LogP contribution in [0.3, 0.4) is 0 Å². The molecule has 7 nitrogen and oxygen atoms in total. The van der Waals surface area contributed by atoms with E-state index in [-0.39, 0.29) is 11.4 Å². The van der Waals surface area contributed by atoms with Crippen molar-refractivity contribution in [2.24, 2.45) is 5.73 Å². The van der Waals surface area contributed by atoms with Gasteiger partial charge in [-0.15, -0.1) is 0 Å². The third-order valence-corrected chi connectivity index (χ3v) is 2.53. The minimum Gasteiger partial charge on any atom is -0.478 e. The molecule has 90 valence electrons. The van der Waals surface area contributed by atoms with E-state index in [2.05, 4.69) is 15.5 Å². The number of anilines is 1. The summed E-state index contributed by atoms with van der Waals surface area (Å²) in [5.74, 6) is -0.288. The molecule has 0 aromatic carbocycles. The van der Waals surface area contributed by atoms with Crippen LogP contribution in [0.15, 0.2) is 17.5 Å². The molecule has 1 fully saturated rings. The molecule has 0 bridgehead atoms. The van der Waals surface area contributed by atoms with Gasteiger partial charge in [0.15, 0.2) is 0 Å². The molecule has 1 saturated carbocycles. The van der Waals surface area contributed by atoms with E-state index in [0.717, 1.165) is 18.5 Å². The Bertz CT molecular complexity index is 487. The lowest BCUT2D eigenvalue weighted by molar-refractivity contribution is -0.132. The zero-order valence-electron chi connectivity index (χ0n) is 9.03. The fourth-order valence-corrected chi connectivity index (χ4v) is 1.46. The first-order chi connectivity index (χ1) is 8.11. The Morgan fingerprint density at radius 1 is 1.71 bits per heavy atom. The summed E-state index contributed by atoms with van der Waals surface area (Å²) >= 11 is 0. The first kappa shape index (κ1) is 11.2. The van der Waals surface area contributed by atoms with Gasteiger partial charge in [0, 0.05) is 18.2 Å². The summed E-state index contributed by atoms with van der Waals surface area (Å²) < 4.78 is 0. The quantitative estimate of drug-likeness (QED) is 0.377. The molecule has 0 saturated heterocycles. The normalized spacial score (nSPS) is 16.2. The number of nitrogens with two attached hydrogens (primary N) is 1. The van der Waals surface area contributed by atoms with E-state index < -0.39 is 5.97 Å². The fraction of sp³-hybridized carbons (Fsp3) is 0.300. The number of rotatable bonds is 5. The second-order valence-corrected chi connectivity index (χ2v) is 3.88. The first-order valence-electron chi connectivity index (χ1n) is 5.17. The number of aliphatic carboxylic acids is 1. The summed E-state index contributed by atoms with van der Waals surface area (Å²) in [7, 11) is 0. The van der Waals surface area contributed by atoms with Gasteiger partial charge in [-0.3, -0.25) is 5.10 Å². The highest BCUT2D eigenvalue weighted by molar-refractivity contribution is 6.08. The number of nitrogens with zero attached hydrogens (tertiary/aromatic N) is 1. The van der Waals surface area contributed by atoms with Crippen molar-refractivity contribution < 1.29 is 9.90 Å². The maximum Gasteiger partial charge on any atom is 0.340 e. The van der Waals surface area contributed by atoms with Crippen LogP contribution in [-0.2, 0) is 4.79 Å². The molecule has 17 heavy (non-hydrogen) atoms. The van der Waals surface area contributed by atoms with Gasteiger partial charge in [-0.2, -0.15) is 5.10 Å². The Morgan fingerprint density at radius 3 is 2.94 bits per heavy atom. The molecule has 6 N–H and O–H groups in total. The molecular formula is C10H13N5O2. The molecular weight excluding hydrogens is 222 g/mol. The van der Waals surface area contributed by atoms with Crippen LogP contribution in [0.1, 0.15) is 24.5 Å². The summed E-state index contributed by atoms with van der Waals surface area (Å²) in [6, 6.07) is 1.80. The number of H-pyrrole nitrogens is 1. The van der Waals surface area contributed by atoms with E-state index in [1.807, 2.05) is 0 Å². The number of hydrogen-bond donors (Lipinski definition) is 5. The summed E-state index contributed by atoms with van der Waals surface area (Å²) in [6.45, 7) is 0. The molecule has 1 aromatic rings. The van der Waals surface area contributed by atoms with Gasteiger partial charge in [0.1, 0.15) is 17.2 Å². The van der Waals surface area contributed by atoms with Crippen molar-refractivity contribution in [3.63, 3.8) is 0 Å². The molecule has 0 amide bonds. The maximum atomic E-state index is 10.7. The van der Waals surface area contributed by atoms with E-state index in [0.29, 0.717) is 18.0 Å². The highest BCUT2D eigenvalue weighted by Crippen LogP contribution is 2.39. The van der Waals surface area contributed by atoms with Gasteiger partial charge < -0.3 is 21.6 Å². The summed E-state index contributed by atoms with van der Waals surface area (Å²) in [6.07, 6.45) is 2.97. The minimum atomic E-state index is -1.24. The van der Waals surface area contributed by atoms with Crippen LogP contribution in [0.25, 0.3) is 0 Å². The van der Waals surface area contributed by atoms with Gasteiger partial charge in [0.05, 0.1) is 5.69 Å². The van der Waals surface area contributed by atoms with E-state index in [9.17, 15) is 4.79 Å². The Hall–Kier alpha value is -2.31. The van der Waals surface area contributed by atoms with Crippen LogP contribution < -0.4 is 11.1 Å². The number of nitrogens with one attached hydrogen (secondary N) is 3. The van der Waals surface area contributed by atoms with E-state index in [4.69, 9.17) is 16.2 Å². The Labute approximate surface area is 97.2 Å². The van der Waals surface area contributed by atoms with Gasteiger partial charge in [-0.25, -0.2) is 4.79 Å². The van der Waals surface area contributed by atoms with Gasteiger partial charge in [0.25, 0.3) is 0 Å². The molecule has 0 radical (unpaired) electrons. The Kier molecular flexibility index (Phi) is 2.82. The van der Waals surface area contributed by atoms with Gasteiger partial charge >= 0.3 is 5.97 Å². The zero-order valence-corrected chi connectivity index (χ0v) is 9.03. The van der Waals surface area contributed by atoms with Crippen molar-refractivity contribution in [2.75, 3.05) is 5.32 Å². The van der Waals surface area contributed by atoms with Crippen molar-refractivity contribution in [1.29, 1.82) is 5.41 Å². The largest absolute Gasteiger partial charge is 0.478 e. The summed E-state index contributed by atoms with van der Waals surface area (Å²) in [5.41, 5.74) is 6.22. The molecule has 1 aromatic heterocycles. The van der Waals surface area contributed by atoms with Crippen molar-refractivity contribution in [2.45, 2.75) is 18.8 Å². The third kappa shape index (κ3) is 2.44. The minimum absolute atomic E-state index is 0.0847. The lowest BCUT2D eigenvalue weighted by Crippen LogP contribution is -2.18. The number of carboxylic acid groups (broad SMARTS) is 1. The Morgan fingerprint density at radius 2 is 2.41 bits per heavy atom. The molecule has 0 aliphatic heterocycles. The third-order valence-electron chi connectivity index (χ3n) is 2.53. The van der Waals surface area contributed by atoms with Gasteiger partial charge in [-0.05, 0) is 12.8 Å². The van der Waals surface area contributed by atoms with E-state index in [1.54, 1.807) is 6.07 Å². The summed E-state index contributed by atoms with van der Waals surface area (Å²) in [5, 5.41) is 25.2. The maximum absolute atomic E-state index is 10.7. The molecule has 0 spiro atoms. The number of aromatic nitrogens is 2. The average Bonchev–Trinajstić information content (AvgIpc) is 3.01. The number of aromatic amines is 1. The van der Waals surface area contributed by atoms with Crippen LogP contribution >= 0.6 is 0 Å². The zero-order chi connectivity index (χ0) is 12.4. The monoisotopic (exact) mass is 235 g/mol. The van der Waals surface area contributed by atoms with Crippen molar-refractivity contribution in [1.82, 2.24) is 10.2 Å². The highest BCUT2D eigenvalue weighted by atomic mass is 16.4. The number of hydrogen-bond acceptors (Lipinski definition) is 5. The summed E-state index contributed by atoms with van der Waals surface area (Å²) in [4.78, 5) is 10.7. The van der Waals surface area contributed by atoms with Crippen LogP contribution in [0.4, 0.5) is 5.82 Å². The lowest BCUT2D eigenvalue weighted by atomic mass is 10.3. The molecule has 0 unspecified atom stereocenters. The predicted octanol–water partition coefficient (Wildman–Crippen LogP) is 0.603. The van der Waals surface area contributed by atoms with Crippen molar-refractivity contribution in [3.05, 3.63) is 23.2 Å². The number of carboxylic acids is 1. The highest BCUT2D eigenvalue weighted by Gasteiger charge is 2.26.